The minimum absolute atomic E-state index is 0.0235. The summed E-state index contributed by atoms with van der Waals surface area (Å²) >= 11 is 0. The molecule has 0 atom stereocenters. The maximum atomic E-state index is 10.8. The van der Waals surface area contributed by atoms with Crippen molar-refractivity contribution in [3.63, 3.8) is 0 Å². The van der Waals surface area contributed by atoms with E-state index in [0.29, 0.717) is 16.5 Å². The third kappa shape index (κ3) is 1.23. The van der Waals surface area contributed by atoms with Gasteiger partial charge in [0.1, 0.15) is 6.07 Å². The van der Waals surface area contributed by atoms with Gasteiger partial charge < -0.3 is 4.57 Å². The molecular formula is C10H7N3O2. The number of nitrogens with zero attached hydrogens (tertiary/aromatic N) is 3. The summed E-state index contributed by atoms with van der Waals surface area (Å²) in [6.07, 6.45) is 1.42. The van der Waals surface area contributed by atoms with E-state index in [0.717, 1.165) is 0 Å². The molecule has 5 heteroatoms. The number of nitro groups is 1. The maximum absolute atomic E-state index is 10.8. The fourth-order valence-corrected chi connectivity index (χ4v) is 1.65. The Morgan fingerprint density at radius 1 is 1.53 bits per heavy atom. The molecule has 1 heterocycles. The van der Waals surface area contributed by atoms with Gasteiger partial charge in [-0.15, -0.1) is 0 Å². The molecule has 0 fully saturated rings. The van der Waals surface area contributed by atoms with Crippen LogP contribution in [0.5, 0.6) is 0 Å². The molecule has 0 bridgehead atoms. The third-order valence-electron chi connectivity index (χ3n) is 2.31. The van der Waals surface area contributed by atoms with Crippen molar-refractivity contribution >= 4 is 16.6 Å². The lowest BCUT2D eigenvalue weighted by Gasteiger charge is -1.94. The van der Waals surface area contributed by atoms with Crippen molar-refractivity contribution in [1.29, 1.82) is 5.26 Å². The highest BCUT2D eigenvalue weighted by atomic mass is 16.6. The lowest BCUT2D eigenvalue weighted by atomic mass is 10.1. The van der Waals surface area contributed by atoms with Gasteiger partial charge in [0.2, 0.25) is 0 Å². The molecule has 2 rings (SSSR count). The van der Waals surface area contributed by atoms with Gasteiger partial charge in [0.15, 0.2) is 0 Å². The molecule has 5 nitrogen and oxygen atoms in total. The summed E-state index contributed by atoms with van der Waals surface area (Å²) in [6.45, 7) is 0. The molecule has 0 aliphatic heterocycles. The smallest absolute Gasteiger partial charge is 0.296 e. The van der Waals surface area contributed by atoms with Crippen LogP contribution in [0.25, 0.3) is 10.9 Å². The van der Waals surface area contributed by atoms with Gasteiger partial charge in [-0.2, -0.15) is 5.26 Å². The summed E-state index contributed by atoms with van der Waals surface area (Å²) in [6, 6.07) is 7.01. The SMILES string of the molecule is Cn1cc([N+](=O)[O-])c2c(C#N)cccc21. The van der Waals surface area contributed by atoms with E-state index < -0.39 is 4.92 Å². The number of benzene rings is 1. The number of nitriles is 1. The van der Waals surface area contributed by atoms with Crippen molar-refractivity contribution in [1.82, 2.24) is 4.57 Å². The van der Waals surface area contributed by atoms with E-state index in [-0.39, 0.29) is 5.69 Å². The first-order valence-corrected chi connectivity index (χ1v) is 4.27. The first-order chi connectivity index (χ1) is 7.15. The second-order valence-corrected chi connectivity index (χ2v) is 3.19. The molecule has 0 spiro atoms. The summed E-state index contributed by atoms with van der Waals surface area (Å²) < 4.78 is 1.65. The predicted molar refractivity (Wildman–Crippen MR) is 54.3 cm³/mol. The molecule has 74 valence electrons. The highest BCUT2D eigenvalue weighted by Gasteiger charge is 2.18. The average Bonchev–Trinajstić information content (AvgIpc) is 2.56. The van der Waals surface area contributed by atoms with E-state index in [4.69, 9.17) is 5.26 Å². The molecule has 0 saturated heterocycles. The zero-order chi connectivity index (χ0) is 11.0. The lowest BCUT2D eigenvalue weighted by molar-refractivity contribution is -0.383. The van der Waals surface area contributed by atoms with Gasteiger partial charge in [-0.25, -0.2) is 0 Å². The largest absolute Gasteiger partial charge is 0.344 e. The molecule has 2 aromatic rings. The Labute approximate surface area is 85.3 Å². The summed E-state index contributed by atoms with van der Waals surface area (Å²) in [5, 5.41) is 20.1. The van der Waals surface area contributed by atoms with Crippen LogP contribution in [0.2, 0.25) is 0 Å². The Balaban J connectivity index is 2.96. The molecular weight excluding hydrogens is 194 g/mol. The van der Waals surface area contributed by atoms with Crippen molar-refractivity contribution in [3.05, 3.63) is 40.1 Å². The quantitative estimate of drug-likeness (QED) is 0.523. The summed E-state index contributed by atoms with van der Waals surface area (Å²) in [4.78, 5) is 10.3. The summed E-state index contributed by atoms with van der Waals surface area (Å²) in [5.41, 5.74) is 1.00. The van der Waals surface area contributed by atoms with Crippen LogP contribution in [0.1, 0.15) is 5.56 Å². The van der Waals surface area contributed by atoms with Gasteiger partial charge >= 0.3 is 0 Å². The van der Waals surface area contributed by atoms with E-state index in [1.54, 1.807) is 29.8 Å². The number of aromatic nitrogens is 1. The van der Waals surface area contributed by atoms with Crippen LogP contribution in [-0.4, -0.2) is 9.49 Å². The molecule has 0 saturated carbocycles. The van der Waals surface area contributed by atoms with Crippen LogP contribution in [0.15, 0.2) is 24.4 Å². The first kappa shape index (κ1) is 9.21. The average molecular weight is 201 g/mol. The van der Waals surface area contributed by atoms with Crippen LogP contribution in [0.4, 0.5) is 5.69 Å². The van der Waals surface area contributed by atoms with Crippen LogP contribution in [0.3, 0.4) is 0 Å². The van der Waals surface area contributed by atoms with Gasteiger partial charge in [-0.1, -0.05) is 6.07 Å². The zero-order valence-electron chi connectivity index (χ0n) is 7.97. The third-order valence-corrected chi connectivity index (χ3v) is 2.31. The van der Waals surface area contributed by atoms with Crippen molar-refractivity contribution < 1.29 is 4.92 Å². The molecule has 1 aromatic carbocycles. The number of aryl methyl sites for hydroxylation is 1. The first-order valence-electron chi connectivity index (χ1n) is 4.27. The van der Waals surface area contributed by atoms with E-state index in [1.165, 1.54) is 6.20 Å². The normalized spacial score (nSPS) is 10.1. The van der Waals surface area contributed by atoms with Crippen LogP contribution < -0.4 is 0 Å². The maximum Gasteiger partial charge on any atom is 0.296 e. The van der Waals surface area contributed by atoms with Gasteiger partial charge in [0.05, 0.1) is 27.6 Å². The molecule has 1 aromatic heterocycles. The second kappa shape index (κ2) is 3.10. The molecule has 0 unspecified atom stereocenters. The minimum atomic E-state index is -0.469. The Hall–Kier alpha value is -2.35. The second-order valence-electron chi connectivity index (χ2n) is 3.19. The minimum Gasteiger partial charge on any atom is -0.344 e. The number of rotatable bonds is 1. The Kier molecular flexibility index (Phi) is 1.90. The molecule has 15 heavy (non-hydrogen) atoms. The van der Waals surface area contributed by atoms with Gasteiger partial charge in [-0.05, 0) is 12.1 Å². The number of hydrogen-bond acceptors (Lipinski definition) is 3. The molecule has 0 amide bonds. The molecule has 0 N–H and O–H groups in total. The van der Waals surface area contributed by atoms with E-state index >= 15 is 0 Å². The fraction of sp³-hybridized carbons (Fsp3) is 0.100. The summed E-state index contributed by atoms with van der Waals surface area (Å²) in [7, 11) is 1.72. The van der Waals surface area contributed by atoms with Crippen molar-refractivity contribution in [2.45, 2.75) is 0 Å². The van der Waals surface area contributed by atoms with E-state index in [1.807, 2.05) is 6.07 Å². The van der Waals surface area contributed by atoms with E-state index in [2.05, 4.69) is 0 Å². The Morgan fingerprint density at radius 2 is 2.27 bits per heavy atom. The molecule has 0 aliphatic rings. The van der Waals surface area contributed by atoms with Crippen molar-refractivity contribution in [2.24, 2.45) is 7.05 Å². The van der Waals surface area contributed by atoms with Crippen molar-refractivity contribution in [3.8, 4) is 6.07 Å². The summed E-state index contributed by atoms with van der Waals surface area (Å²) in [5.74, 6) is 0. The topological polar surface area (TPSA) is 71.9 Å². The van der Waals surface area contributed by atoms with E-state index in [9.17, 15) is 10.1 Å². The fourth-order valence-electron chi connectivity index (χ4n) is 1.65. The predicted octanol–water partition coefficient (Wildman–Crippen LogP) is 1.96. The number of hydrogen-bond donors (Lipinski definition) is 0. The van der Waals surface area contributed by atoms with Gasteiger partial charge in [-0.3, -0.25) is 10.1 Å². The number of fused-ring (bicyclic) bond motifs is 1. The van der Waals surface area contributed by atoms with Gasteiger partial charge in [0, 0.05) is 7.05 Å². The van der Waals surface area contributed by atoms with Crippen LogP contribution in [-0.2, 0) is 7.05 Å². The highest BCUT2D eigenvalue weighted by molar-refractivity contribution is 5.94. The van der Waals surface area contributed by atoms with Gasteiger partial charge in [0.25, 0.3) is 5.69 Å². The standard InChI is InChI=1S/C10H7N3O2/c1-12-6-9(13(14)15)10-7(5-11)3-2-4-8(10)12/h2-4,6H,1H3. The Morgan fingerprint density at radius 3 is 2.87 bits per heavy atom. The van der Waals surface area contributed by atoms with Crippen molar-refractivity contribution in [2.75, 3.05) is 0 Å². The monoisotopic (exact) mass is 201 g/mol. The van der Waals surface area contributed by atoms with Crippen LogP contribution in [0, 0.1) is 21.4 Å². The Bertz CT molecular complexity index is 592. The van der Waals surface area contributed by atoms with Crippen LogP contribution >= 0.6 is 0 Å². The molecule has 0 radical (unpaired) electrons. The highest BCUT2D eigenvalue weighted by Crippen LogP contribution is 2.29. The lowest BCUT2D eigenvalue weighted by Crippen LogP contribution is -1.86. The molecule has 0 aliphatic carbocycles. The zero-order valence-corrected chi connectivity index (χ0v) is 7.97.